The van der Waals surface area contributed by atoms with E-state index < -0.39 is 5.97 Å². The van der Waals surface area contributed by atoms with Crippen LogP contribution in [-0.2, 0) is 9.53 Å². The van der Waals surface area contributed by atoms with Gasteiger partial charge in [-0.2, -0.15) is 0 Å². The maximum absolute atomic E-state index is 13.1. The van der Waals surface area contributed by atoms with E-state index in [1.165, 1.54) is 12.1 Å². The number of carbonyl (C=O) groups is 2. The van der Waals surface area contributed by atoms with Gasteiger partial charge in [0.05, 0.1) is 18.8 Å². The normalized spacial score (nSPS) is 13.6. The fourth-order valence-electron chi connectivity index (χ4n) is 3.35. The number of halogens is 1. The number of anilines is 1. The summed E-state index contributed by atoms with van der Waals surface area (Å²) in [6, 6.07) is 11.1. The van der Waals surface area contributed by atoms with Crippen molar-refractivity contribution in [1.82, 2.24) is 4.90 Å². The van der Waals surface area contributed by atoms with Crippen molar-refractivity contribution in [1.29, 1.82) is 0 Å². The monoisotopic (exact) mass is 430 g/mol. The van der Waals surface area contributed by atoms with Crippen LogP contribution in [0.3, 0.4) is 0 Å². The molecule has 1 fully saturated rings. The Bertz CT molecular complexity index is 895. The lowest BCUT2D eigenvalue weighted by molar-refractivity contribution is -0.134. The van der Waals surface area contributed by atoms with Crippen LogP contribution in [0.4, 0.5) is 10.1 Å². The van der Waals surface area contributed by atoms with Crippen LogP contribution in [0.2, 0.25) is 0 Å². The largest absolute Gasteiger partial charge is 0.490 e. The molecule has 0 aromatic heterocycles. The summed E-state index contributed by atoms with van der Waals surface area (Å²) in [7, 11) is 0. The van der Waals surface area contributed by atoms with Crippen molar-refractivity contribution in [2.75, 3.05) is 50.9 Å². The Morgan fingerprint density at radius 3 is 2.19 bits per heavy atom. The molecule has 0 unspecified atom stereocenters. The summed E-state index contributed by atoms with van der Waals surface area (Å²) in [5.74, 6) is -0.108. The Hall–Kier alpha value is -3.29. The highest BCUT2D eigenvalue weighted by Gasteiger charge is 2.23. The van der Waals surface area contributed by atoms with E-state index in [1.807, 2.05) is 13.8 Å². The van der Waals surface area contributed by atoms with Crippen molar-refractivity contribution in [3.63, 3.8) is 0 Å². The van der Waals surface area contributed by atoms with E-state index in [1.54, 1.807) is 35.2 Å². The zero-order valence-electron chi connectivity index (χ0n) is 17.8. The molecule has 0 atom stereocenters. The number of amides is 1. The van der Waals surface area contributed by atoms with Crippen LogP contribution >= 0.6 is 0 Å². The Morgan fingerprint density at radius 2 is 1.55 bits per heavy atom. The Morgan fingerprint density at radius 1 is 0.903 bits per heavy atom. The zero-order valence-corrected chi connectivity index (χ0v) is 17.8. The third-order valence-electron chi connectivity index (χ3n) is 4.93. The van der Waals surface area contributed by atoms with Crippen molar-refractivity contribution < 1.29 is 28.2 Å². The minimum Gasteiger partial charge on any atom is -0.490 e. The molecule has 1 saturated heterocycles. The molecule has 1 aliphatic heterocycles. The van der Waals surface area contributed by atoms with Gasteiger partial charge >= 0.3 is 5.97 Å². The molecule has 0 aliphatic carbocycles. The van der Waals surface area contributed by atoms with E-state index in [-0.39, 0.29) is 18.3 Å². The lowest BCUT2D eigenvalue weighted by Crippen LogP contribution is -2.49. The van der Waals surface area contributed by atoms with Crippen molar-refractivity contribution in [3.8, 4) is 11.5 Å². The molecule has 0 spiro atoms. The molecular formula is C23H27FN2O5. The molecule has 3 rings (SSSR count). The van der Waals surface area contributed by atoms with E-state index >= 15 is 0 Å². The maximum Gasteiger partial charge on any atom is 0.338 e. The highest BCUT2D eigenvalue weighted by molar-refractivity contribution is 5.92. The molecule has 1 aliphatic rings. The van der Waals surface area contributed by atoms with Gasteiger partial charge in [0.25, 0.3) is 5.91 Å². The predicted octanol–water partition coefficient (Wildman–Crippen LogP) is 3.13. The Kier molecular flexibility index (Phi) is 7.70. The van der Waals surface area contributed by atoms with Crippen LogP contribution in [0.25, 0.3) is 0 Å². The van der Waals surface area contributed by atoms with Gasteiger partial charge in [0.1, 0.15) is 5.82 Å². The van der Waals surface area contributed by atoms with E-state index in [9.17, 15) is 14.0 Å². The first-order valence-corrected chi connectivity index (χ1v) is 10.4. The molecular weight excluding hydrogens is 403 g/mol. The molecule has 2 aromatic carbocycles. The number of hydrogen-bond donors (Lipinski definition) is 0. The number of carbonyl (C=O) groups excluding carboxylic acids is 2. The number of ether oxygens (including phenoxy) is 3. The number of nitrogens with zero attached hydrogens (tertiary/aromatic N) is 2. The zero-order chi connectivity index (χ0) is 22.2. The van der Waals surface area contributed by atoms with Gasteiger partial charge in [-0.25, -0.2) is 9.18 Å². The molecule has 1 amide bonds. The van der Waals surface area contributed by atoms with E-state index in [2.05, 4.69) is 4.90 Å². The van der Waals surface area contributed by atoms with Gasteiger partial charge in [0.2, 0.25) is 0 Å². The second kappa shape index (κ2) is 10.7. The second-order valence-corrected chi connectivity index (χ2v) is 6.95. The van der Waals surface area contributed by atoms with Crippen LogP contribution < -0.4 is 14.4 Å². The number of benzene rings is 2. The number of piperazine rings is 1. The van der Waals surface area contributed by atoms with Gasteiger partial charge in [-0.3, -0.25) is 4.79 Å². The van der Waals surface area contributed by atoms with Crippen molar-refractivity contribution in [2.45, 2.75) is 13.8 Å². The third kappa shape index (κ3) is 5.87. The van der Waals surface area contributed by atoms with Crippen molar-refractivity contribution in [3.05, 3.63) is 53.8 Å². The van der Waals surface area contributed by atoms with E-state index in [4.69, 9.17) is 14.2 Å². The standard InChI is InChI=1S/C23H27FN2O5/c1-3-29-20-10-5-17(15-21(20)30-4-2)23(28)31-16-22(27)26-13-11-25(12-14-26)19-8-6-18(24)7-9-19/h5-10,15H,3-4,11-14,16H2,1-2H3. The summed E-state index contributed by atoms with van der Waals surface area (Å²) in [5, 5.41) is 0. The number of hydrogen-bond acceptors (Lipinski definition) is 6. The van der Waals surface area contributed by atoms with Gasteiger partial charge in [-0.15, -0.1) is 0 Å². The van der Waals surface area contributed by atoms with Gasteiger partial charge in [0, 0.05) is 31.9 Å². The maximum atomic E-state index is 13.1. The van der Waals surface area contributed by atoms with Crippen LogP contribution in [-0.4, -0.2) is 62.8 Å². The molecule has 0 N–H and O–H groups in total. The summed E-state index contributed by atoms with van der Waals surface area (Å²) in [4.78, 5) is 28.6. The molecule has 8 heteroatoms. The minimum atomic E-state index is -0.595. The average molecular weight is 430 g/mol. The first-order chi connectivity index (χ1) is 15.0. The third-order valence-corrected chi connectivity index (χ3v) is 4.93. The van der Waals surface area contributed by atoms with Gasteiger partial charge in [0.15, 0.2) is 18.1 Å². The first kappa shape index (κ1) is 22.4. The van der Waals surface area contributed by atoms with Gasteiger partial charge in [-0.1, -0.05) is 0 Å². The Balaban J connectivity index is 1.51. The van der Waals surface area contributed by atoms with Crippen molar-refractivity contribution >= 4 is 17.6 Å². The van der Waals surface area contributed by atoms with E-state index in [0.717, 1.165) is 5.69 Å². The first-order valence-electron chi connectivity index (χ1n) is 10.4. The second-order valence-electron chi connectivity index (χ2n) is 6.95. The number of esters is 1. The van der Waals surface area contributed by atoms with Gasteiger partial charge in [-0.05, 0) is 56.3 Å². The van der Waals surface area contributed by atoms with Crippen LogP contribution in [0, 0.1) is 5.82 Å². The molecule has 1 heterocycles. The molecule has 0 radical (unpaired) electrons. The topological polar surface area (TPSA) is 68.3 Å². The highest BCUT2D eigenvalue weighted by atomic mass is 19.1. The predicted molar refractivity (Wildman–Crippen MR) is 114 cm³/mol. The average Bonchev–Trinajstić information content (AvgIpc) is 2.79. The summed E-state index contributed by atoms with van der Waals surface area (Å²) in [6.07, 6.45) is 0. The van der Waals surface area contributed by atoms with Gasteiger partial charge < -0.3 is 24.0 Å². The van der Waals surface area contributed by atoms with Crippen LogP contribution in [0.1, 0.15) is 24.2 Å². The summed E-state index contributed by atoms with van der Waals surface area (Å²) in [6.45, 7) is 6.55. The van der Waals surface area contributed by atoms with Crippen LogP contribution in [0.15, 0.2) is 42.5 Å². The molecule has 31 heavy (non-hydrogen) atoms. The molecule has 2 aromatic rings. The molecule has 7 nitrogen and oxygen atoms in total. The molecule has 166 valence electrons. The quantitative estimate of drug-likeness (QED) is 0.600. The minimum absolute atomic E-state index is 0.247. The summed E-state index contributed by atoms with van der Waals surface area (Å²) in [5.41, 5.74) is 1.21. The Labute approximate surface area is 181 Å². The SMILES string of the molecule is CCOc1ccc(C(=O)OCC(=O)N2CCN(c3ccc(F)cc3)CC2)cc1OCC. The smallest absolute Gasteiger partial charge is 0.338 e. The lowest BCUT2D eigenvalue weighted by atomic mass is 10.2. The lowest BCUT2D eigenvalue weighted by Gasteiger charge is -2.36. The van der Waals surface area contributed by atoms with Crippen LogP contribution in [0.5, 0.6) is 11.5 Å². The fraction of sp³-hybridized carbons (Fsp3) is 0.391. The van der Waals surface area contributed by atoms with Crippen molar-refractivity contribution in [2.24, 2.45) is 0 Å². The summed E-state index contributed by atoms with van der Waals surface area (Å²) < 4.78 is 29.3. The number of rotatable bonds is 8. The fourth-order valence-corrected chi connectivity index (χ4v) is 3.35. The molecule has 0 saturated carbocycles. The highest BCUT2D eigenvalue weighted by Crippen LogP contribution is 2.28. The summed E-state index contributed by atoms with van der Waals surface area (Å²) >= 11 is 0. The van der Waals surface area contributed by atoms with E-state index in [0.29, 0.717) is 56.5 Å². The molecule has 0 bridgehead atoms.